The molecular weight excluding hydrogens is 347 g/mol. The number of amides is 2. The second-order valence-corrected chi connectivity index (χ2v) is 8.37. The van der Waals surface area contributed by atoms with E-state index < -0.39 is 17.2 Å². The van der Waals surface area contributed by atoms with Crippen LogP contribution in [0.15, 0.2) is 24.3 Å². The van der Waals surface area contributed by atoms with Crippen molar-refractivity contribution in [2.45, 2.75) is 76.9 Å². The summed E-state index contributed by atoms with van der Waals surface area (Å²) in [6.07, 6.45) is 5.10. The molecule has 0 heterocycles. The monoisotopic (exact) mass is 378 g/mol. The lowest BCUT2D eigenvalue weighted by molar-refractivity contribution is -0.121. The summed E-state index contributed by atoms with van der Waals surface area (Å²) in [5.41, 5.74) is -0.229. The van der Waals surface area contributed by atoms with Gasteiger partial charge in [0.2, 0.25) is 5.91 Å². The first kappa shape index (κ1) is 21.2. The predicted octanol–water partition coefficient (Wildman–Crippen LogP) is 4.10. The molecular formula is C21H31FN2O3. The molecule has 1 saturated carbocycles. The number of carbonyl (C=O) groups excluding carboxylic acids is 2. The third-order valence-corrected chi connectivity index (χ3v) is 4.73. The van der Waals surface area contributed by atoms with Crippen LogP contribution >= 0.6 is 0 Å². The first-order valence-electron chi connectivity index (χ1n) is 9.70. The number of halogens is 1. The lowest BCUT2D eigenvalue weighted by atomic mass is 9.81. The van der Waals surface area contributed by atoms with Gasteiger partial charge in [0.1, 0.15) is 11.4 Å². The van der Waals surface area contributed by atoms with Gasteiger partial charge in [0.05, 0.1) is 5.54 Å². The molecule has 1 aromatic carbocycles. The molecule has 0 spiro atoms. The Kier molecular flexibility index (Phi) is 7.22. The summed E-state index contributed by atoms with van der Waals surface area (Å²) < 4.78 is 18.6. The number of ether oxygens (including phenoxy) is 1. The molecule has 5 nitrogen and oxygen atoms in total. The van der Waals surface area contributed by atoms with Crippen LogP contribution in [0, 0.1) is 5.82 Å². The molecule has 2 N–H and O–H groups in total. The summed E-state index contributed by atoms with van der Waals surface area (Å²) in [4.78, 5) is 24.5. The molecule has 1 aliphatic rings. The van der Waals surface area contributed by atoms with Gasteiger partial charge in [-0.25, -0.2) is 9.18 Å². The zero-order chi connectivity index (χ0) is 19.9. The lowest BCUT2D eigenvalue weighted by Crippen LogP contribution is -2.57. The Hall–Kier alpha value is -2.11. The van der Waals surface area contributed by atoms with Crippen molar-refractivity contribution in [3.05, 3.63) is 35.6 Å². The van der Waals surface area contributed by atoms with E-state index in [0.29, 0.717) is 13.0 Å². The molecule has 6 heteroatoms. The Bertz CT molecular complexity index is 649. The van der Waals surface area contributed by atoms with Gasteiger partial charge in [-0.15, -0.1) is 0 Å². The number of hydrogen-bond acceptors (Lipinski definition) is 3. The number of nitrogens with one attached hydrogen (secondary N) is 2. The highest BCUT2D eigenvalue weighted by Crippen LogP contribution is 2.28. The highest BCUT2D eigenvalue weighted by Gasteiger charge is 2.35. The quantitative estimate of drug-likeness (QED) is 0.783. The molecule has 0 aliphatic heterocycles. The number of rotatable bonds is 6. The average Bonchev–Trinajstić information content (AvgIpc) is 2.57. The fourth-order valence-electron chi connectivity index (χ4n) is 3.40. The number of alkyl carbamates (subject to hydrolysis) is 1. The van der Waals surface area contributed by atoms with Crippen LogP contribution in [0.5, 0.6) is 0 Å². The van der Waals surface area contributed by atoms with Crippen molar-refractivity contribution < 1.29 is 18.7 Å². The molecule has 1 aromatic rings. The summed E-state index contributed by atoms with van der Waals surface area (Å²) in [7, 11) is 0. The molecule has 1 fully saturated rings. The maximum Gasteiger partial charge on any atom is 0.408 e. The van der Waals surface area contributed by atoms with Gasteiger partial charge in [0.15, 0.2) is 0 Å². The highest BCUT2D eigenvalue weighted by molar-refractivity contribution is 5.76. The summed E-state index contributed by atoms with van der Waals surface area (Å²) in [6.45, 7) is 5.87. The van der Waals surface area contributed by atoms with Gasteiger partial charge in [-0.05, 0) is 57.7 Å². The second-order valence-electron chi connectivity index (χ2n) is 8.37. The molecule has 2 amide bonds. The Labute approximate surface area is 161 Å². The van der Waals surface area contributed by atoms with Crippen molar-refractivity contribution >= 4 is 12.0 Å². The molecule has 27 heavy (non-hydrogen) atoms. The number of aryl methyl sites for hydroxylation is 1. The molecule has 0 unspecified atom stereocenters. The van der Waals surface area contributed by atoms with Crippen LogP contribution in [0.25, 0.3) is 0 Å². The Morgan fingerprint density at radius 1 is 1.19 bits per heavy atom. The van der Waals surface area contributed by atoms with E-state index >= 15 is 0 Å². The van der Waals surface area contributed by atoms with E-state index in [0.717, 1.165) is 37.7 Å². The third kappa shape index (κ3) is 7.57. The van der Waals surface area contributed by atoms with E-state index in [-0.39, 0.29) is 18.1 Å². The molecule has 0 saturated heterocycles. The molecule has 0 atom stereocenters. The van der Waals surface area contributed by atoms with E-state index in [4.69, 9.17) is 4.74 Å². The first-order valence-corrected chi connectivity index (χ1v) is 9.70. The van der Waals surface area contributed by atoms with Crippen LogP contribution in [0.1, 0.15) is 64.9 Å². The molecule has 0 aromatic heterocycles. The third-order valence-electron chi connectivity index (χ3n) is 4.73. The molecule has 0 radical (unpaired) electrons. The largest absolute Gasteiger partial charge is 0.444 e. The van der Waals surface area contributed by atoms with Gasteiger partial charge in [0, 0.05) is 13.0 Å². The average molecular weight is 378 g/mol. The minimum Gasteiger partial charge on any atom is -0.444 e. The van der Waals surface area contributed by atoms with Gasteiger partial charge in [-0.2, -0.15) is 0 Å². The zero-order valence-corrected chi connectivity index (χ0v) is 16.6. The standard InChI is InChI=1S/C21H31FN2O3/c1-20(2,3)27-19(26)24-21(12-5-4-6-13-21)15-23-18(25)11-10-16-8-7-9-17(22)14-16/h7-9,14H,4-6,10-13,15H2,1-3H3,(H,23,25)(H,24,26). The molecule has 0 bridgehead atoms. The summed E-state index contributed by atoms with van der Waals surface area (Å²) in [6, 6.07) is 6.28. The minimum absolute atomic E-state index is 0.102. The van der Waals surface area contributed by atoms with Crippen molar-refractivity contribution in [2.24, 2.45) is 0 Å². The number of benzene rings is 1. The summed E-state index contributed by atoms with van der Waals surface area (Å²) in [5, 5.41) is 5.94. The second kappa shape index (κ2) is 9.20. The Balaban J connectivity index is 1.87. The minimum atomic E-state index is -0.561. The molecule has 1 aliphatic carbocycles. The fourth-order valence-corrected chi connectivity index (χ4v) is 3.40. The van der Waals surface area contributed by atoms with Gasteiger partial charge in [-0.1, -0.05) is 31.4 Å². The van der Waals surface area contributed by atoms with Crippen LogP contribution in [0.3, 0.4) is 0 Å². The van der Waals surface area contributed by atoms with E-state index in [1.807, 2.05) is 26.8 Å². The lowest BCUT2D eigenvalue weighted by Gasteiger charge is -2.38. The Morgan fingerprint density at radius 3 is 2.52 bits per heavy atom. The van der Waals surface area contributed by atoms with Gasteiger partial charge >= 0.3 is 6.09 Å². The molecule has 150 valence electrons. The van der Waals surface area contributed by atoms with E-state index in [1.54, 1.807) is 6.07 Å². The predicted molar refractivity (Wildman–Crippen MR) is 103 cm³/mol. The topological polar surface area (TPSA) is 67.4 Å². The fraction of sp³-hybridized carbons (Fsp3) is 0.619. The van der Waals surface area contributed by atoms with Crippen LogP contribution in [0.4, 0.5) is 9.18 Å². The van der Waals surface area contributed by atoms with Crippen molar-refractivity contribution in [1.29, 1.82) is 0 Å². The zero-order valence-electron chi connectivity index (χ0n) is 16.6. The maximum atomic E-state index is 13.2. The van der Waals surface area contributed by atoms with Crippen molar-refractivity contribution in [1.82, 2.24) is 10.6 Å². The van der Waals surface area contributed by atoms with E-state index in [9.17, 15) is 14.0 Å². The maximum absolute atomic E-state index is 13.2. The SMILES string of the molecule is CC(C)(C)OC(=O)NC1(CNC(=O)CCc2cccc(F)c2)CCCCC1. The van der Waals surface area contributed by atoms with E-state index in [2.05, 4.69) is 10.6 Å². The van der Waals surface area contributed by atoms with Crippen molar-refractivity contribution in [3.63, 3.8) is 0 Å². The van der Waals surface area contributed by atoms with Gasteiger partial charge in [-0.3, -0.25) is 4.79 Å². The van der Waals surface area contributed by atoms with Crippen LogP contribution in [-0.2, 0) is 16.0 Å². The summed E-state index contributed by atoms with van der Waals surface area (Å²) in [5.74, 6) is -0.397. The van der Waals surface area contributed by atoms with Crippen molar-refractivity contribution in [2.75, 3.05) is 6.54 Å². The number of carbonyl (C=O) groups is 2. The van der Waals surface area contributed by atoms with Crippen LogP contribution < -0.4 is 10.6 Å². The van der Waals surface area contributed by atoms with E-state index in [1.165, 1.54) is 12.1 Å². The van der Waals surface area contributed by atoms with Crippen LogP contribution in [-0.4, -0.2) is 29.7 Å². The number of hydrogen-bond donors (Lipinski definition) is 2. The Morgan fingerprint density at radius 2 is 1.89 bits per heavy atom. The normalized spacial score (nSPS) is 16.4. The highest BCUT2D eigenvalue weighted by atomic mass is 19.1. The smallest absolute Gasteiger partial charge is 0.408 e. The summed E-state index contributed by atoms with van der Waals surface area (Å²) >= 11 is 0. The first-order chi connectivity index (χ1) is 12.7. The van der Waals surface area contributed by atoms with Crippen LogP contribution in [0.2, 0.25) is 0 Å². The van der Waals surface area contributed by atoms with Crippen molar-refractivity contribution in [3.8, 4) is 0 Å². The molecule has 2 rings (SSSR count). The van der Waals surface area contributed by atoms with Gasteiger partial charge < -0.3 is 15.4 Å². The van der Waals surface area contributed by atoms with Gasteiger partial charge in [0.25, 0.3) is 0 Å².